The number of nitrogens with one attached hydrogen (secondary N) is 2. The van der Waals surface area contributed by atoms with Gasteiger partial charge in [0.15, 0.2) is 0 Å². The molecule has 0 aliphatic carbocycles. The smallest absolute Gasteiger partial charge is 0.245 e. The number of benzene rings is 1. The lowest BCUT2D eigenvalue weighted by Crippen LogP contribution is -2.52. The van der Waals surface area contributed by atoms with Gasteiger partial charge in [0.1, 0.15) is 17.9 Å². The topological polar surface area (TPSA) is 87.7 Å². The molecule has 0 saturated carbocycles. The second kappa shape index (κ2) is 9.22. The number of hydrogen-bond acceptors (Lipinski definition) is 4. The summed E-state index contributed by atoms with van der Waals surface area (Å²) in [7, 11) is 0. The fraction of sp³-hybridized carbons (Fsp3) is 0.526. The van der Waals surface area contributed by atoms with Crippen molar-refractivity contribution in [1.82, 2.24) is 15.5 Å². The first-order valence-electron chi connectivity index (χ1n) is 8.91. The Bertz CT molecular complexity index is 633. The molecule has 0 spiro atoms. The summed E-state index contributed by atoms with van der Waals surface area (Å²) in [4.78, 5) is 37.4. The highest BCUT2D eigenvalue weighted by Gasteiger charge is 2.34. The summed E-state index contributed by atoms with van der Waals surface area (Å²) in [6, 6.07) is 8.91. The average molecular weight is 361 g/mol. The highest BCUT2D eigenvalue weighted by Crippen LogP contribution is 2.19. The van der Waals surface area contributed by atoms with Crippen molar-refractivity contribution < 1.29 is 19.1 Å². The molecule has 7 nitrogen and oxygen atoms in total. The molecule has 1 heterocycles. The van der Waals surface area contributed by atoms with Crippen molar-refractivity contribution >= 4 is 17.7 Å². The van der Waals surface area contributed by atoms with E-state index in [1.165, 1.54) is 6.92 Å². The lowest BCUT2D eigenvalue weighted by molar-refractivity contribution is -0.137. The van der Waals surface area contributed by atoms with Gasteiger partial charge in [0.25, 0.3) is 0 Å². The Labute approximate surface area is 154 Å². The van der Waals surface area contributed by atoms with Crippen molar-refractivity contribution in [3.8, 4) is 5.75 Å². The molecule has 3 amide bonds. The van der Waals surface area contributed by atoms with Gasteiger partial charge in [0.05, 0.1) is 13.1 Å². The van der Waals surface area contributed by atoms with Crippen LogP contribution in [0.5, 0.6) is 5.75 Å². The second-order valence-electron chi connectivity index (χ2n) is 6.82. The lowest BCUT2D eigenvalue weighted by Gasteiger charge is -2.27. The number of rotatable bonds is 7. The third-order valence-electron chi connectivity index (χ3n) is 4.25. The predicted molar refractivity (Wildman–Crippen MR) is 97.5 cm³/mol. The molecule has 26 heavy (non-hydrogen) atoms. The quantitative estimate of drug-likeness (QED) is 0.757. The van der Waals surface area contributed by atoms with Crippen molar-refractivity contribution in [2.24, 2.45) is 5.92 Å². The Kier molecular flexibility index (Phi) is 7.00. The maximum Gasteiger partial charge on any atom is 0.245 e. The van der Waals surface area contributed by atoms with Crippen molar-refractivity contribution in [2.75, 3.05) is 19.6 Å². The SMILES string of the molecule is CC(=O)NCC(=O)N[C@H](C(=O)N1CC[C@@H](Oc2ccccc2)C1)C(C)C. The van der Waals surface area contributed by atoms with Crippen LogP contribution in [-0.2, 0) is 14.4 Å². The van der Waals surface area contributed by atoms with E-state index in [-0.39, 0.29) is 36.3 Å². The minimum Gasteiger partial charge on any atom is -0.489 e. The number of likely N-dealkylation sites (tertiary alicyclic amines) is 1. The Morgan fingerprint density at radius 1 is 1.23 bits per heavy atom. The third-order valence-corrected chi connectivity index (χ3v) is 4.25. The number of ether oxygens (including phenoxy) is 1. The largest absolute Gasteiger partial charge is 0.489 e. The number of nitrogens with zero attached hydrogens (tertiary/aromatic N) is 1. The van der Waals surface area contributed by atoms with E-state index >= 15 is 0 Å². The molecule has 142 valence electrons. The molecule has 1 fully saturated rings. The standard InChI is InChI=1S/C19H27N3O4/c1-13(2)18(21-17(24)11-20-14(3)23)19(25)22-10-9-16(12-22)26-15-7-5-4-6-8-15/h4-8,13,16,18H,9-12H2,1-3H3,(H,20,23)(H,21,24)/t16-,18+/m1/s1. The summed E-state index contributed by atoms with van der Waals surface area (Å²) in [5, 5.41) is 5.16. The molecule has 7 heteroatoms. The van der Waals surface area contributed by atoms with E-state index in [1.54, 1.807) is 4.90 Å². The van der Waals surface area contributed by atoms with Gasteiger partial charge in [-0.25, -0.2) is 0 Å². The summed E-state index contributed by atoms with van der Waals surface area (Å²) in [6.45, 7) is 6.07. The van der Waals surface area contributed by atoms with Gasteiger partial charge in [-0.2, -0.15) is 0 Å². The molecular weight excluding hydrogens is 334 g/mol. The van der Waals surface area contributed by atoms with E-state index in [2.05, 4.69) is 10.6 Å². The number of hydrogen-bond donors (Lipinski definition) is 2. The van der Waals surface area contributed by atoms with Gasteiger partial charge >= 0.3 is 0 Å². The zero-order valence-electron chi connectivity index (χ0n) is 15.5. The third kappa shape index (κ3) is 5.75. The van der Waals surface area contributed by atoms with E-state index in [9.17, 15) is 14.4 Å². The predicted octanol–water partition coefficient (Wildman–Crippen LogP) is 0.943. The number of para-hydroxylation sites is 1. The Balaban J connectivity index is 1.90. The maximum absolute atomic E-state index is 12.8. The van der Waals surface area contributed by atoms with Crippen LogP contribution in [0.2, 0.25) is 0 Å². The highest BCUT2D eigenvalue weighted by atomic mass is 16.5. The summed E-state index contributed by atoms with van der Waals surface area (Å²) in [5.41, 5.74) is 0. The molecule has 1 aliphatic rings. The zero-order chi connectivity index (χ0) is 19.1. The summed E-state index contributed by atoms with van der Waals surface area (Å²) in [6.07, 6.45) is 0.704. The van der Waals surface area contributed by atoms with Gasteiger partial charge < -0.3 is 20.3 Å². The Morgan fingerprint density at radius 2 is 1.92 bits per heavy atom. The first-order valence-corrected chi connectivity index (χ1v) is 8.91. The molecule has 1 aromatic rings. The van der Waals surface area contributed by atoms with Gasteiger partial charge in [-0.3, -0.25) is 14.4 Å². The van der Waals surface area contributed by atoms with Crippen molar-refractivity contribution in [2.45, 2.75) is 39.3 Å². The van der Waals surface area contributed by atoms with Crippen LogP contribution < -0.4 is 15.4 Å². The van der Waals surface area contributed by atoms with Crippen molar-refractivity contribution in [3.05, 3.63) is 30.3 Å². The van der Waals surface area contributed by atoms with Crippen LogP contribution in [0.1, 0.15) is 27.2 Å². The molecule has 0 unspecified atom stereocenters. The fourth-order valence-electron chi connectivity index (χ4n) is 2.86. The van der Waals surface area contributed by atoms with Crippen LogP contribution in [0, 0.1) is 5.92 Å². The molecule has 1 aliphatic heterocycles. The van der Waals surface area contributed by atoms with E-state index in [0.717, 1.165) is 12.2 Å². The zero-order valence-corrected chi connectivity index (χ0v) is 15.5. The van der Waals surface area contributed by atoms with Crippen LogP contribution in [0.25, 0.3) is 0 Å². The first kappa shape index (κ1) is 19.8. The number of carbonyl (C=O) groups is 3. The van der Waals surface area contributed by atoms with E-state index in [0.29, 0.717) is 13.1 Å². The minimum absolute atomic E-state index is 0.0516. The van der Waals surface area contributed by atoms with Gasteiger partial charge in [-0.05, 0) is 18.1 Å². The van der Waals surface area contributed by atoms with Gasteiger partial charge in [-0.15, -0.1) is 0 Å². The van der Waals surface area contributed by atoms with Gasteiger partial charge in [0, 0.05) is 19.9 Å². The van der Waals surface area contributed by atoms with Crippen molar-refractivity contribution in [1.29, 1.82) is 0 Å². The average Bonchev–Trinajstić information content (AvgIpc) is 3.06. The molecule has 2 atom stereocenters. The monoisotopic (exact) mass is 361 g/mol. The van der Waals surface area contributed by atoms with E-state index in [4.69, 9.17) is 4.74 Å². The Morgan fingerprint density at radius 3 is 2.54 bits per heavy atom. The molecule has 1 saturated heterocycles. The van der Waals surface area contributed by atoms with Crippen LogP contribution in [-0.4, -0.2) is 54.4 Å². The van der Waals surface area contributed by atoms with Crippen LogP contribution in [0.15, 0.2) is 30.3 Å². The molecule has 2 N–H and O–H groups in total. The summed E-state index contributed by atoms with van der Waals surface area (Å²) >= 11 is 0. The fourth-order valence-corrected chi connectivity index (χ4v) is 2.86. The molecule has 0 aromatic heterocycles. The van der Waals surface area contributed by atoms with Crippen molar-refractivity contribution in [3.63, 3.8) is 0 Å². The second-order valence-corrected chi connectivity index (χ2v) is 6.82. The molecule has 1 aromatic carbocycles. The normalized spacial score (nSPS) is 17.7. The first-order chi connectivity index (χ1) is 12.4. The summed E-state index contributed by atoms with van der Waals surface area (Å²) in [5.74, 6) is -0.0411. The molecule has 0 bridgehead atoms. The number of amides is 3. The minimum atomic E-state index is -0.619. The van der Waals surface area contributed by atoms with E-state index < -0.39 is 6.04 Å². The summed E-state index contributed by atoms with van der Waals surface area (Å²) < 4.78 is 5.91. The maximum atomic E-state index is 12.8. The molecule has 0 radical (unpaired) electrons. The number of carbonyl (C=O) groups excluding carboxylic acids is 3. The highest BCUT2D eigenvalue weighted by molar-refractivity contribution is 5.90. The Hall–Kier alpha value is -2.57. The van der Waals surface area contributed by atoms with Gasteiger partial charge in [-0.1, -0.05) is 32.0 Å². The molecular formula is C19H27N3O4. The van der Waals surface area contributed by atoms with Crippen LogP contribution in [0.4, 0.5) is 0 Å². The van der Waals surface area contributed by atoms with E-state index in [1.807, 2.05) is 44.2 Å². The lowest BCUT2D eigenvalue weighted by atomic mass is 10.0. The van der Waals surface area contributed by atoms with Crippen LogP contribution >= 0.6 is 0 Å². The van der Waals surface area contributed by atoms with Gasteiger partial charge in [0.2, 0.25) is 17.7 Å². The van der Waals surface area contributed by atoms with Crippen LogP contribution in [0.3, 0.4) is 0 Å². The molecule has 2 rings (SSSR count).